The Bertz CT molecular complexity index is 701. The quantitative estimate of drug-likeness (QED) is 0.789. The molecule has 1 fully saturated rings. The van der Waals surface area contributed by atoms with Crippen LogP contribution in [0.2, 0.25) is 0 Å². The second kappa shape index (κ2) is 7.95. The number of carbonyl (C=O) groups excluding carboxylic acids is 1. The maximum Gasteiger partial charge on any atom is 0.243 e. The van der Waals surface area contributed by atoms with E-state index in [1.165, 1.54) is 4.31 Å². The number of rotatable bonds is 5. The molecule has 1 saturated heterocycles. The van der Waals surface area contributed by atoms with Gasteiger partial charge in [0.25, 0.3) is 0 Å². The first-order valence-electron chi connectivity index (χ1n) is 8.05. The second-order valence-corrected chi connectivity index (χ2v) is 8.71. The number of hydrogen-bond acceptors (Lipinski definition) is 4. The first-order chi connectivity index (χ1) is 11.3. The summed E-state index contributed by atoms with van der Waals surface area (Å²) in [6, 6.07) is 4.82. The smallest absolute Gasteiger partial charge is 0.243 e. The van der Waals surface area contributed by atoms with Crippen molar-refractivity contribution in [2.45, 2.75) is 31.7 Å². The van der Waals surface area contributed by atoms with E-state index in [-0.39, 0.29) is 11.9 Å². The first kappa shape index (κ1) is 19.4. The Labute approximate surface area is 152 Å². The van der Waals surface area contributed by atoms with E-state index in [1.807, 2.05) is 25.7 Å². The van der Waals surface area contributed by atoms with Crippen molar-refractivity contribution in [1.82, 2.24) is 14.5 Å². The molecule has 2 rings (SSSR count). The Kier molecular flexibility index (Phi) is 6.41. The average Bonchev–Trinajstić information content (AvgIpc) is 2.57. The van der Waals surface area contributed by atoms with E-state index >= 15 is 0 Å². The van der Waals surface area contributed by atoms with Gasteiger partial charge in [-0.3, -0.25) is 9.69 Å². The summed E-state index contributed by atoms with van der Waals surface area (Å²) in [5.41, 5.74) is 0.888. The SMILES string of the molecule is CCNC(=O)[C@H](C)N1CCN(S(=O)(=O)c2ccc(Br)c(C)c2)CC1. The summed E-state index contributed by atoms with van der Waals surface area (Å²) in [6.45, 7) is 8.08. The number of nitrogens with zero attached hydrogens (tertiary/aromatic N) is 2. The lowest BCUT2D eigenvalue weighted by Crippen LogP contribution is -2.54. The molecule has 0 unspecified atom stereocenters. The molecule has 0 radical (unpaired) electrons. The van der Waals surface area contributed by atoms with Crippen LogP contribution in [0.1, 0.15) is 19.4 Å². The van der Waals surface area contributed by atoms with E-state index in [0.29, 0.717) is 37.6 Å². The highest BCUT2D eigenvalue weighted by atomic mass is 79.9. The normalized spacial score (nSPS) is 18.3. The van der Waals surface area contributed by atoms with Crippen LogP contribution in [0.4, 0.5) is 0 Å². The van der Waals surface area contributed by atoms with Crippen molar-refractivity contribution in [3.8, 4) is 0 Å². The number of nitrogens with one attached hydrogen (secondary N) is 1. The van der Waals surface area contributed by atoms with Crippen molar-refractivity contribution in [2.75, 3.05) is 32.7 Å². The average molecular weight is 418 g/mol. The first-order valence-corrected chi connectivity index (χ1v) is 10.3. The number of piperazine rings is 1. The summed E-state index contributed by atoms with van der Waals surface area (Å²) in [4.78, 5) is 14.3. The zero-order valence-corrected chi connectivity index (χ0v) is 16.7. The number of aryl methyl sites for hydroxylation is 1. The fourth-order valence-corrected chi connectivity index (χ4v) is 4.50. The van der Waals surface area contributed by atoms with Crippen LogP contribution in [0.5, 0.6) is 0 Å². The van der Waals surface area contributed by atoms with Crippen molar-refractivity contribution >= 4 is 31.9 Å². The van der Waals surface area contributed by atoms with Crippen molar-refractivity contribution in [1.29, 1.82) is 0 Å². The summed E-state index contributed by atoms with van der Waals surface area (Å²) >= 11 is 3.39. The molecule has 0 aliphatic carbocycles. The standard InChI is InChI=1S/C16H24BrN3O3S/c1-4-18-16(21)13(3)19-7-9-20(10-8-19)24(22,23)14-5-6-15(17)12(2)11-14/h5-6,11,13H,4,7-10H2,1-3H3,(H,18,21)/t13-/m0/s1. The summed E-state index contributed by atoms with van der Waals surface area (Å²) in [5.74, 6) is -0.0164. The zero-order chi connectivity index (χ0) is 17.9. The third-order valence-electron chi connectivity index (χ3n) is 4.32. The van der Waals surface area contributed by atoms with Crippen LogP contribution in [-0.4, -0.2) is 62.3 Å². The van der Waals surface area contributed by atoms with Gasteiger partial charge >= 0.3 is 0 Å². The molecule has 0 spiro atoms. The fourth-order valence-electron chi connectivity index (χ4n) is 2.75. The maximum absolute atomic E-state index is 12.8. The van der Waals surface area contributed by atoms with Gasteiger partial charge in [0.1, 0.15) is 0 Å². The summed E-state index contributed by atoms with van der Waals surface area (Å²) < 4.78 is 27.9. The Hall–Kier alpha value is -0.960. The Morgan fingerprint density at radius 2 is 1.92 bits per heavy atom. The van der Waals surface area contributed by atoms with Gasteiger partial charge in [-0.1, -0.05) is 15.9 Å². The molecule has 1 aliphatic rings. The van der Waals surface area contributed by atoms with Gasteiger partial charge in [-0.15, -0.1) is 0 Å². The van der Waals surface area contributed by atoms with E-state index in [0.717, 1.165) is 10.0 Å². The molecular weight excluding hydrogens is 394 g/mol. The van der Waals surface area contributed by atoms with Crippen molar-refractivity contribution in [2.24, 2.45) is 0 Å². The number of amides is 1. The molecule has 1 aliphatic heterocycles. The Morgan fingerprint density at radius 3 is 2.46 bits per heavy atom. The molecule has 0 saturated carbocycles. The minimum atomic E-state index is -3.50. The molecule has 1 aromatic rings. The lowest BCUT2D eigenvalue weighted by Gasteiger charge is -2.36. The van der Waals surface area contributed by atoms with Gasteiger partial charge < -0.3 is 5.32 Å². The molecule has 134 valence electrons. The highest BCUT2D eigenvalue weighted by Crippen LogP contribution is 2.23. The van der Waals surface area contributed by atoms with Crippen LogP contribution < -0.4 is 5.32 Å². The summed E-state index contributed by atoms with van der Waals surface area (Å²) in [7, 11) is -3.50. The predicted molar refractivity (Wildman–Crippen MR) is 97.4 cm³/mol. The van der Waals surface area contributed by atoms with Gasteiger partial charge in [0.15, 0.2) is 0 Å². The molecule has 1 aromatic carbocycles. The number of sulfonamides is 1. The Morgan fingerprint density at radius 1 is 1.29 bits per heavy atom. The monoisotopic (exact) mass is 417 g/mol. The molecule has 1 amide bonds. The third-order valence-corrected chi connectivity index (χ3v) is 7.10. The van der Waals surface area contributed by atoms with Gasteiger partial charge in [-0.25, -0.2) is 8.42 Å². The molecule has 1 N–H and O–H groups in total. The van der Waals surface area contributed by atoms with Crippen LogP contribution in [0.3, 0.4) is 0 Å². The van der Waals surface area contributed by atoms with Gasteiger partial charge in [0.05, 0.1) is 10.9 Å². The Balaban J connectivity index is 2.05. The number of carbonyl (C=O) groups is 1. The summed E-state index contributed by atoms with van der Waals surface area (Å²) in [6.07, 6.45) is 0. The van der Waals surface area contributed by atoms with E-state index < -0.39 is 10.0 Å². The van der Waals surface area contributed by atoms with Crippen molar-refractivity contribution in [3.63, 3.8) is 0 Å². The molecule has 8 heteroatoms. The van der Waals surface area contributed by atoms with Crippen LogP contribution in [-0.2, 0) is 14.8 Å². The van der Waals surface area contributed by atoms with Crippen LogP contribution in [0.15, 0.2) is 27.6 Å². The molecule has 0 aromatic heterocycles. The van der Waals surface area contributed by atoms with Crippen molar-refractivity contribution < 1.29 is 13.2 Å². The topological polar surface area (TPSA) is 69.7 Å². The number of halogens is 1. The molecule has 24 heavy (non-hydrogen) atoms. The lowest BCUT2D eigenvalue weighted by molar-refractivity contribution is -0.126. The fraction of sp³-hybridized carbons (Fsp3) is 0.562. The second-order valence-electron chi connectivity index (χ2n) is 5.92. The van der Waals surface area contributed by atoms with Crippen LogP contribution >= 0.6 is 15.9 Å². The lowest BCUT2D eigenvalue weighted by atomic mass is 10.2. The van der Waals surface area contributed by atoms with Gasteiger partial charge in [-0.2, -0.15) is 4.31 Å². The predicted octanol–water partition coefficient (Wildman–Crippen LogP) is 1.59. The molecule has 6 nitrogen and oxygen atoms in total. The van der Waals surface area contributed by atoms with E-state index in [4.69, 9.17) is 0 Å². The zero-order valence-electron chi connectivity index (χ0n) is 14.3. The highest BCUT2D eigenvalue weighted by molar-refractivity contribution is 9.10. The molecule has 1 atom stereocenters. The largest absolute Gasteiger partial charge is 0.355 e. The minimum Gasteiger partial charge on any atom is -0.355 e. The van der Waals surface area contributed by atoms with Crippen LogP contribution in [0, 0.1) is 6.92 Å². The van der Waals surface area contributed by atoms with Crippen molar-refractivity contribution in [3.05, 3.63) is 28.2 Å². The van der Waals surface area contributed by atoms with E-state index in [1.54, 1.807) is 18.2 Å². The molecule has 1 heterocycles. The summed E-state index contributed by atoms with van der Waals surface area (Å²) in [5, 5.41) is 2.80. The van der Waals surface area contributed by atoms with Gasteiger partial charge in [0, 0.05) is 37.2 Å². The van der Waals surface area contributed by atoms with E-state index in [2.05, 4.69) is 21.2 Å². The number of hydrogen-bond donors (Lipinski definition) is 1. The van der Waals surface area contributed by atoms with Gasteiger partial charge in [-0.05, 0) is 44.5 Å². The molecular formula is C16H24BrN3O3S. The van der Waals surface area contributed by atoms with E-state index in [9.17, 15) is 13.2 Å². The highest BCUT2D eigenvalue weighted by Gasteiger charge is 2.31. The number of benzene rings is 1. The van der Waals surface area contributed by atoms with Gasteiger partial charge in [0.2, 0.25) is 15.9 Å². The maximum atomic E-state index is 12.8. The minimum absolute atomic E-state index is 0.0164. The third kappa shape index (κ3) is 4.17. The number of likely N-dealkylation sites (N-methyl/N-ethyl adjacent to an activating group) is 1. The molecule has 0 bridgehead atoms. The van der Waals surface area contributed by atoms with Crippen LogP contribution in [0.25, 0.3) is 0 Å².